The van der Waals surface area contributed by atoms with E-state index in [9.17, 15) is 25.0 Å². The molecule has 10 nitrogen and oxygen atoms in total. The second-order valence-corrected chi connectivity index (χ2v) is 7.74. The minimum atomic E-state index is -1.02. The molecule has 3 aromatic rings. The van der Waals surface area contributed by atoms with Crippen molar-refractivity contribution in [3.63, 3.8) is 0 Å². The average Bonchev–Trinajstić information content (AvgIpc) is 2.91. The highest BCUT2D eigenvalue weighted by Gasteiger charge is 2.43. The predicted molar refractivity (Wildman–Crippen MR) is 130 cm³/mol. The van der Waals surface area contributed by atoms with Crippen molar-refractivity contribution in [1.29, 1.82) is 5.26 Å². The van der Waals surface area contributed by atoms with Crippen LogP contribution in [0.4, 0.5) is 11.4 Å². The van der Waals surface area contributed by atoms with Gasteiger partial charge in [0.15, 0.2) is 0 Å². The zero-order valence-corrected chi connectivity index (χ0v) is 19.3. The molecule has 1 unspecified atom stereocenters. The van der Waals surface area contributed by atoms with Gasteiger partial charge in [-0.05, 0) is 17.7 Å². The van der Waals surface area contributed by atoms with Gasteiger partial charge in [0.1, 0.15) is 11.5 Å². The molecule has 1 aliphatic rings. The molecule has 4 rings (SSSR count). The van der Waals surface area contributed by atoms with Crippen LogP contribution in [0.15, 0.2) is 89.4 Å². The van der Waals surface area contributed by atoms with E-state index in [1.54, 1.807) is 54.6 Å². The largest absolute Gasteiger partial charge is 0.466 e. The molecule has 1 aliphatic heterocycles. The van der Waals surface area contributed by atoms with Crippen molar-refractivity contribution in [2.75, 3.05) is 19.1 Å². The molecule has 36 heavy (non-hydrogen) atoms. The van der Waals surface area contributed by atoms with E-state index in [1.807, 2.05) is 0 Å². The Balaban J connectivity index is 2.14. The maximum atomic E-state index is 13.2. The van der Waals surface area contributed by atoms with Crippen molar-refractivity contribution in [2.45, 2.75) is 5.92 Å². The lowest BCUT2D eigenvalue weighted by molar-refractivity contribution is -0.383. The Kier molecular flexibility index (Phi) is 6.39. The second-order valence-electron chi connectivity index (χ2n) is 7.74. The molecule has 0 radical (unpaired) electrons. The quantitative estimate of drug-likeness (QED) is 0.325. The number of fused-ring (bicyclic) bond motifs is 1. The fraction of sp³-hybridized carbons (Fsp3) is 0.115. The number of nitro groups is 1. The number of nitrogens with zero attached hydrogens (tertiary/aromatic N) is 3. The number of hydrogen-bond donors (Lipinski definition) is 1. The molecule has 3 aromatic carbocycles. The molecule has 10 heteroatoms. The standard InChI is InChI=1S/C26H20N4O6/c1-35-25(31)22-21(15-8-4-3-5-9-15)18(14-27)24(28)29(23(22)26(32)36-2)19-12-13-20(30(33)34)17-11-7-6-10-16(17)19/h3-13,21H,28H2,1-2H3. The lowest BCUT2D eigenvalue weighted by Gasteiger charge is -2.36. The van der Waals surface area contributed by atoms with Gasteiger partial charge in [-0.15, -0.1) is 0 Å². The van der Waals surface area contributed by atoms with Crippen LogP contribution in [0, 0.1) is 21.4 Å². The third-order valence-electron chi connectivity index (χ3n) is 5.93. The van der Waals surface area contributed by atoms with Crippen LogP contribution in [-0.4, -0.2) is 31.1 Å². The molecule has 180 valence electrons. The predicted octanol–water partition coefficient (Wildman–Crippen LogP) is 3.65. The summed E-state index contributed by atoms with van der Waals surface area (Å²) in [4.78, 5) is 38.7. The fourth-order valence-corrected chi connectivity index (χ4v) is 4.39. The summed E-state index contributed by atoms with van der Waals surface area (Å²) in [6.45, 7) is 0. The van der Waals surface area contributed by atoms with E-state index in [1.165, 1.54) is 17.0 Å². The van der Waals surface area contributed by atoms with E-state index in [0.717, 1.165) is 14.2 Å². The van der Waals surface area contributed by atoms with Crippen LogP contribution in [0.3, 0.4) is 0 Å². The van der Waals surface area contributed by atoms with Crippen molar-refractivity contribution in [3.8, 4) is 6.07 Å². The summed E-state index contributed by atoms with van der Waals surface area (Å²) in [7, 11) is 2.30. The summed E-state index contributed by atoms with van der Waals surface area (Å²) in [6, 6.07) is 19.8. The second kappa shape index (κ2) is 9.60. The lowest BCUT2D eigenvalue weighted by atomic mass is 9.80. The number of carbonyl (C=O) groups excluding carboxylic acids is 2. The van der Waals surface area contributed by atoms with Gasteiger partial charge in [0.05, 0.1) is 53.3 Å². The van der Waals surface area contributed by atoms with Gasteiger partial charge in [0, 0.05) is 11.5 Å². The molecule has 0 aliphatic carbocycles. The number of esters is 2. The van der Waals surface area contributed by atoms with Crippen LogP contribution in [0.25, 0.3) is 10.8 Å². The monoisotopic (exact) mass is 484 g/mol. The van der Waals surface area contributed by atoms with Crippen LogP contribution >= 0.6 is 0 Å². The topological polar surface area (TPSA) is 149 Å². The Morgan fingerprint density at radius 1 is 0.972 bits per heavy atom. The van der Waals surface area contributed by atoms with Gasteiger partial charge in [-0.25, -0.2) is 9.59 Å². The summed E-state index contributed by atoms with van der Waals surface area (Å²) in [5.74, 6) is -2.91. The number of anilines is 1. The molecule has 1 atom stereocenters. The number of methoxy groups -OCH3 is 2. The number of non-ortho nitro benzene ring substituents is 1. The van der Waals surface area contributed by atoms with Crippen molar-refractivity contribution in [1.82, 2.24) is 0 Å². The van der Waals surface area contributed by atoms with Gasteiger partial charge in [-0.2, -0.15) is 5.26 Å². The Morgan fingerprint density at radius 2 is 1.58 bits per heavy atom. The number of nitriles is 1. The van der Waals surface area contributed by atoms with E-state index in [4.69, 9.17) is 15.2 Å². The Hall–Kier alpha value is -5.17. The number of allylic oxidation sites excluding steroid dienone is 1. The maximum absolute atomic E-state index is 13.2. The van der Waals surface area contributed by atoms with Gasteiger partial charge < -0.3 is 15.2 Å². The molecule has 2 N–H and O–H groups in total. The lowest BCUT2D eigenvalue weighted by Crippen LogP contribution is -2.40. The number of benzene rings is 3. The number of carbonyl (C=O) groups is 2. The Bertz CT molecular complexity index is 1500. The molecule has 0 amide bonds. The van der Waals surface area contributed by atoms with Crippen LogP contribution < -0.4 is 10.6 Å². The molecule has 0 saturated heterocycles. The highest BCUT2D eigenvalue weighted by atomic mass is 16.6. The maximum Gasteiger partial charge on any atom is 0.355 e. The van der Waals surface area contributed by atoms with Crippen molar-refractivity contribution >= 4 is 34.1 Å². The molecular weight excluding hydrogens is 464 g/mol. The minimum Gasteiger partial charge on any atom is -0.466 e. The number of hydrogen-bond acceptors (Lipinski definition) is 9. The molecule has 0 spiro atoms. The Morgan fingerprint density at radius 3 is 2.17 bits per heavy atom. The molecule has 0 saturated carbocycles. The first-order valence-electron chi connectivity index (χ1n) is 10.7. The molecule has 0 bridgehead atoms. The number of nitrogens with two attached hydrogens (primary N) is 1. The molecule has 0 fully saturated rings. The highest BCUT2D eigenvalue weighted by Crippen LogP contribution is 2.45. The summed E-state index contributed by atoms with van der Waals surface area (Å²) in [6.07, 6.45) is 0. The fourth-order valence-electron chi connectivity index (χ4n) is 4.39. The highest BCUT2D eigenvalue weighted by molar-refractivity contribution is 6.09. The first kappa shape index (κ1) is 24.0. The normalized spacial score (nSPS) is 15.5. The zero-order valence-electron chi connectivity index (χ0n) is 19.3. The van der Waals surface area contributed by atoms with E-state index in [-0.39, 0.29) is 39.4 Å². The first-order chi connectivity index (χ1) is 17.3. The van der Waals surface area contributed by atoms with Crippen LogP contribution in [0.1, 0.15) is 11.5 Å². The van der Waals surface area contributed by atoms with Crippen LogP contribution in [0.5, 0.6) is 0 Å². The zero-order chi connectivity index (χ0) is 26.0. The van der Waals surface area contributed by atoms with E-state index in [0.29, 0.717) is 10.9 Å². The summed E-state index contributed by atoms with van der Waals surface area (Å²) in [5.41, 5.74) is 6.74. The molecule has 1 heterocycles. The van der Waals surface area contributed by atoms with Gasteiger partial charge in [0.25, 0.3) is 5.69 Å². The third kappa shape index (κ3) is 3.78. The smallest absolute Gasteiger partial charge is 0.355 e. The first-order valence-corrected chi connectivity index (χ1v) is 10.7. The third-order valence-corrected chi connectivity index (χ3v) is 5.93. The van der Waals surface area contributed by atoms with Gasteiger partial charge in [0.2, 0.25) is 0 Å². The summed E-state index contributed by atoms with van der Waals surface area (Å²) >= 11 is 0. The van der Waals surface area contributed by atoms with Gasteiger partial charge in [-0.3, -0.25) is 15.0 Å². The van der Waals surface area contributed by atoms with Gasteiger partial charge >= 0.3 is 11.9 Å². The summed E-state index contributed by atoms with van der Waals surface area (Å²) in [5, 5.41) is 22.4. The minimum absolute atomic E-state index is 0.00307. The van der Waals surface area contributed by atoms with Crippen LogP contribution in [0.2, 0.25) is 0 Å². The summed E-state index contributed by atoms with van der Waals surface area (Å²) < 4.78 is 10.0. The van der Waals surface area contributed by atoms with Crippen molar-refractivity contribution in [3.05, 3.63) is 105 Å². The van der Waals surface area contributed by atoms with Gasteiger partial charge in [-0.1, -0.05) is 48.5 Å². The van der Waals surface area contributed by atoms with Crippen LogP contribution in [-0.2, 0) is 19.1 Å². The molecule has 0 aromatic heterocycles. The van der Waals surface area contributed by atoms with E-state index < -0.39 is 22.8 Å². The molecular formula is C26H20N4O6. The van der Waals surface area contributed by atoms with E-state index in [2.05, 4.69) is 6.07 Å². The Labute approximate surface area is 205 Å². The number of nitro benzene ring substituents is 1. The average molecular weight is 484 g/mol. The SMILES string of the molecule is COC(=O)C1=C(C(=O)OC)N(c2ccc([N+](=O)[O-])c3ccccc23)C(N)=C(C#N)C1c1ccccc1. The number of ether oxygens (including phenoxy) is 2. The van der Waals surface area contributed by atoms with Crippen molar-refractivity contribution in [2.24, 2.45) is 5.73 Å². The van der Waals surface area contributed by atoms with Crippen molar-refractivity contribution < 1.29 is 24.0 Å². The van der Waals surface area contributed by atoms with E-state index >= 15 is 0 Å². The number of rotatable bonds is 5.